The Bertz CT molecular complexity index is 1280. The number of rotatable bonds is 5. The molecule has 0 atom stereocenters. The molecule has 3 aromatic carbocycles. The molecule has 1 aliphatic carbocycles. The third-order valence-electron chi connectivity index (χ3n) is 6.15. The monoisotopic (exact) mass is 436 g/mol. The predicted molar refractivity (Wildman–Crippen MR) is 121 cm³/mol. The van der Waals surface area contributed by atoms with Crippen molar-refractivity contribution in [2.75, 3.05) is 12.1 Å². The van der Waals surface area contributed by atoms with Crippen LogP contribution in [-0.2, 0) is 10.2 Å². The lowest BCUT2D eigenvalue weighted by atomic mass is 9.94. The highest BCUT2D eigenvalue weighted by molar-refractivity contribution is 6.02. The fourth-order valence-corrected chi connectivity index (χ4v) is 4.11. The first kappa shape index (κ1) is 20.1. The maximum Gasteiger partial charge on any atom is 0.251 e. The van der Waals surface area contributed by atoms with Crippen LogP contribution in [0.4, 0.5) is 10.1 Å². The van der Waals surface area contributed by atoms with Crippen molar-refractivity contribution in [3.05, 3.63) is 77.1 Å². The highest BCUT2D eigenvalue weighted by atomic mass is 19.1. The molecule has 6 nitrogen and oxygen atoms in total. The molecule has 0 radical (unpaired) electrons. The van der Waals surface area contributed by atoms with E-state index in [1.165, 1.54) is 12.1 Å². The molecule has 1 fully saturated rings. The molecule has 1 aliphatic heterocycles. The van der Waals surface area contributed by atoms with Crippen molar-refractivity contribution in [3.63, 3.8) is 0 Å². The van der Waals surface area contributed by atoms with E-state index >= 15 is 0 Å². The largest absolute Gasteiger partial charge is 0.454 e. The lowest BCUT2D eigenvalue weighted by Gasteiger charge is -2.17. The van der Waals surface area contributed by atoms with Gasteiger partial charge < -0.3 is 20.5 Å². The van der Waals surface area contributed by atoms with Crippen molar-refractivity contribution < 1.29 is 26.3 Å². The highest BCUT2D eigenvalue weighted by Crippen LogP contribution is 2.51. The molecule has 7 heteroatoms. The minimum absolute atomic E-state index is 0. The van der Waals surface area contributed by atoms with E-state index < -0.39 is 17.1 Å². The van der Waals surface area contributed by atoms with E-state index in [2.05, 4.69) is 5.32 Å². The average molecular weight is 436 g/mol. The SMILES string of the molecule is Cc1ccc(NC(=O)C2(c3ccc4c(c3)OCO4)CC2)cc1-c1ccc(F)c(C(N)=O)c1.[HH].[HH]. The minimum atomic E-state index is -0.828. The highest BCUT2D eigenvalue weighted by Gasteiger charge is 2.51. The Morgan fingerprint density at radius 1 is 1.03 bits per heavy atom. The summed E-state index contributed by atoms with van der Waals surface area (Å²) in [6.07, 6.45) is 1.49. The number of aryl methyl sites for hydroxylation is 1. The van der Waals surface area contributed by atoms with Gasteiger partial charge >= 0.3 is 0 Å². The van der Waals surface area contributed by atoms with Gasteiger partial charge in [-0.1, -0.05) is 18.2 Å². The van der Waals surface area contributed by atoms with E-state index in [9.17, 15) is 14.0 Å². The Morgan fingerprint density at radius 2 is 1.81 bits per heavy atom. The van der Waals surface area contributed by atoms with Crippen LogP contribution < -0.4 is 20.5 Å². The molecule has 2 aliphatic rings. The molecule has 2 amide bonds. The molecule has 3 aromatic rings. The minimum Gasteiger partial charge on any atom is -0.454 e. The van der Waals surface area contributed by atoms with E-state index in [4.69, 9.17) is 15.2 Å². The summed E-state index contributed by atoms with van der Waals surface area (Å²) >= 11 is 0. The van der Waals surface area contributed by atoms with Gasteiger partial charge in [0, 0.05) is 8.54 Å². The maximum atomic E-state index is 13.9. The van der Waals surface area contributed by atoms with Gasteiger partial charge in [0.05, 0.1) is 11.0 Å². The van der Waals surface area contributed by atoms with Crippen LogP contribution in [0.25, 0.3) is 11.1 Å². The second kappa shape index (κ2) is 7.37. The van der Waals surface area contributed by atoms with Crippen LogP contribution >= 0.6 is 0 Å². The first-order chi connectivity index (χ1) is 15.4. The molecule has 5 rings (SSSR count). The summed E-state index contributed by atoms with van der Waals surface area (Å²) in [7, 11) is 0. The Labute approximate surface area is 187 Å². The number of primary amides is 1. The van der Waals surface area contributed by atoms with E-state index in [0.29, 0.717) is 22.7 Å². The quantitative estimate of drug-likeness (QED) is 0.602. The average Bonchev–Trinajstić information content (AvgIpc) is 3.46. The molecule has 1 saturated carbocycles. The van der Waals surface area contributed by atoms with Gasteiger partial charge in [-0.25, -0.2) is 4.39 Å². The van der Waals surface area contributed by atoms with Crippen molar-refractivity contribution in [3.8, 4) is 22.6 Å². The second-order valence-electron chi connectivity index (χ2n) is 8.19. The van der Waals surface area contributed by atoms with Gasteiger partial charge in [0.15, 0.2) is 11.5 Å². The summed E-state index contributed by atoms with van der Waals surface area (Å²) in [5.41, 5.74) is 8.38. The first-order valence-electron chi connectivity index (χ1n) is 10.3. The van der Waals surface area contributed by atoms with Crippen LogP contribution in [0.15, 0.2) is 54.6 Å². The number of hydrogen-bond donors (Lipinski definition) is 2. The third-order valence-corrected chi connectivity index (χ3v) is 6.15. The maximum absolute atomic E-state index is 13.9. The second-order valence-corrected chi connectivity index (χ2v) is 8.19. The Morgan fingerprint density at radius 3 is 2.56 bits per heavy atom. The van der Waals surface area contributed by atoms with Crippen LogP contribution in [0.3, 0.4) is 0 Å². The number of ether oxygens (including phenoxy) is 2. The first-order valence-corrected chi connectivity index (χ1v) is 10.3. The third kappa shape index (κ3) is 3.36. The molecule has 1 heterocycles. The number of nitrogens with two attached hydrogens (primary N) is 1. The zero-order chi connectivity index (χ0) is 22.5. The molecule has 0 spiro atoms. The van der Waals surface area contributed by atoms with Gasteiger partial charge in [0.25, 0.3) is 5.91 Å². The summed E-state index contributed by atoms with van der Waals surface area (Å²) in [6.45, 7) is 2.09. The molecule has 0 bridgehead atoms. The number of nitrogens with one attached hydrogen (secondary N) is 1. The smallest absolute Gasteiger partial charge is 0.251 e. The molecule has 32 heavy (non-hydrogen) atoms. The van der Waals surface area contributed by atoms with E-state index in [-0.39, 0.29) is 21.1 Å². The summed E-state index contributed by atoms with van der Waals surface area (Å²) in [4.78, 5) is 24.8. The number of amides is 2. The van der Waals surface area contributed by atoms with Crippen molar-refractivity contribution >= 4 is 17.5 Å². The van der Waals surface area contributed by atoms with Gasteiger partial charge in [-0.15, -0.1) is 0 Å². The van der Waals surface area contributed by atoms with Crippen LogP contribution in [0.2, 0.25) is 0 Å². The van der Waals surface area contributed by atoms with Crippen LogP contribution in [0.5, 0.6) is 11.5 Å². The van der Waals surface area contributed by atoms with E-state index in [1.807, 2.05) is 43.3 Å². The van der Waals surface area contributed by atoms with Gasteiger partial charge in [0.2, 0.25) is 12.7 Å². The number of hydrogen-bond acceptors (Lipinski definition) is 4. The molecule has 0 saturated heterocycles. The van der Waals surface area contributed by atoms with Crippen LogP contribution in [0.1, 0.15) is 37.2 Å². The Balaban J connectivity index is 0.00000162. The number of fused-ring (bicyclic) bond motifs is 1. The van der Waals surface area contributed by atoms with Gasteiger partial charge in [-0.2, -0.15) is 0 Å². The van der Waals surface area contributed by atoms with E-state index in [1.54, 1.807) is 6.07 Å². The number of halogens is 1. The van der Waals surface area contributed by atoms with Gasteiger partial charge in [-0.05, 0) is 78.4 Å². The van der Waals surface area contributed by atoms with Gasteiger partial charge in [0.1, 0.15) is 5.82 Å². The fraction of sp³-hybridized carbons (Fsp3) is 0.200. The number of carbonyl (C=O) groups is 2. The van der Waals surface area contributed by atoms with Crippen molar-refractivity contribution in [1.82, 2.24) is 0 Å². The van der Waals surface area contributed by atoms with Crippen molar-refractivity contribution in [1.29, 1.82) is 0 Å². The molecule has 0 unspecified atom stereocenters. The topological polar surface area (TPSA) is 90.7 Å². The van der Waals surface area contributed by atoms with E-state index in [0.717, 1.165) is 29.5 Å². The summed E-state index contributed by atoms with van der Waals surface area (Å²) < 4.78 is 24.7. The summed E-state index contributed by atoms with van der Waals surface area (Å²) in [6, 6.07) is 15.4. The lowest BCUT2D eigenvalue weighted by Crippen LogP contribution is -2.27. The Hall–Kier alpha value is -3.87. The number of benzene rings is 3. The summed E-state index contributed by atoms with van der Waals surface area (Å²) in [5.74, 6) is -0.250. The summed E-state index contributed by atoms with van der Waals surface area (Å²) in [5, 5.41) is 3.02. The normalized spacial score (nSPS) is 15.3. The lowest BCUT2D eigenvalue weighted by molar-refractivity contribution is -0.118. The standard InChI is InChI=1S/C25H21FN2O4.2H2/c1-14-2-5-17(12-18(14)15-3-6-20(26)19(10-15)23(27)29)28-24(30)25(8-9-25)16-4-7-21-22(11-16)32-13-31-21;;/h2-7,10-12H,8-9,13H2,1H3,(H2,27,29)(H,28,30);2*1H. The Kier molecular flexibility index (Phi) is 4.62. The number of carbonyl (C=O) groups excluding carboxylic acids is 2. The fourth-order valence-electron chi connectivity index (χ4n) is 4.11. The molecule has 166 valence electrons. The molecule has 0 aromatic heterocycles. The zero-order valence-corrected chi connectivity index (χ0v) is 17.4. The van der Waals surface area contributed by atoms with Crippen molar-refractivity contribution in [2.45, 2.75) is 25.2 Å². The van der Waals surface area contributed by atoms with Crippen molar-refractivity contribution in [2.24, 2.45) is 5.73 Å². The predicted octanol–water partition coefficient (Wildman–Crippen LogP) is 4.79. The molecular formula is C25H25FN2O4. The van der Waals surface area contributed by atoms with Crippen LogP contribution in [-0.4, -0.2) is 18.6 Å². The van der Waals surface area contributed by atoms with Gasteiger partial charge in [-0.3, -0.25) is 9.59 Å². The molecule has 3 N–H and O–H groups in total. The van der Waals surface area contributed by atoms with Crippen LogP contribution in [0, 0.1) is 12.7 Å². The zero-order valence-electron chi connectivity index (χ0n) is 17.4. The number of anilines is 1. The molecular weight excluding hydrogens is 411 g/mol.